The van der Waals surface area contributed by atoms with Gasteiger partial charge in [0.1, 0.15) is 5.78 Å². The summed E-state index contributed by atoms with van der Waals surface area (Å²) in [6.07, 6.45) is 3.25. The fourth-order valence-corrected chi connectivity index (χ4v) is 3.66. The van der Waals surface area contributed by atoms with Crippen LogP contribution in [0.25, 0.3) is 0 Å². The van der Waals surface area contributed by atoms with Crippen LogP contribution in [0.4, 0.5) is 0 Å². The largest absolute Gasteiger partial charge is 0.338 e. The molecule has 140 valence electrons. The van der Waals surface area contributed by atoms with Crippen LogP contribution in [0.1, 0.15) is 50.4 Å². The predicted octanol–water partition coefficient (Wildman–Crippen LogP) is 4.14. The van der Waals surface area contributed by atoms with E-state index in [1.54, 1.807) is 0 Å². The number of halogens is 1. The molecule has 0 amide bonds. The molecule has 0 unspecified atom stereocenters. The molecular weight excluding hydrogens is 350 g/mol. The first kappa shape index (κ1) is 19.1. The average Bonchev–Trinajstić information content (AvgIpc) is 3.03. The molecule has 1 fully saturated rings. The maximum Gasteiger partial charge on any atom is 0.240 e. The van der Waals surface area contributed by atoms with Crippen molar-refractivity contribution in [3.8, 4) is 0 Å². The molecular formula is C20H26ClN3O2. The number of aromatic nitrogens is 2. The Morgan fingerprint density at radius 1 is 1.38 bits per heavy atom. The van der Waals surface area contributed by atoms with Crippen LogP contribution in [0.2, 0.25) is 5.02 Å². The van der Waals surface area contributed by atoms with Crippen LogP contribution < -0.4 is 0 Å². The van der Waals surface area contributed by atoms with Gasteiger partial charge >= 0.3 is 0 Å². The van der Waals surface area contributed by atoms with E-state index in [2.05, 4.69) is 28.9 Å². The number of hydrogen-bond donors (Lipinski definition) is 0. The molecule has 5 nitrogen and oxygen atoms in total. The SMILES string of the molecule is CC(C)CC(=O)[C@@H]1CCCN(Cc2nc(Cc3ccccc3Cl)no2)C1. The van der Waals surface area contributed by atoms with Gasteiger partial charge in [-0.1, -0.05) is 48.8 Å². The van der Waals surface area contributed by atoms with Gasteiger partial charge in [0.25, 0.3) is 0 Å². The van der Waals surface area contributed by atoms with E-state index in [9.17, 15) is 4.79 Å². The highest BCUT2D eigenvalue weighted by molar-refractivity contribution is 6.31. The van der Waals surface area contributed by atoms with Crippen LogP contribution in [0.15, 0.2) is 28.8 Å². The first-order valence-corrected chi connectivity index (χ1v) is 9.69. The minimum Gasteiger partial charge on any atom is -0.338 e. The second kappa shape index (κ2) is 8.78. The van der Waals surface area contributed by atoms with Gasteiger partial charge in [0.05, 0.1) is 6.54 Å². The minimum atomic E-state index is 0.136. The molecule has 2 heterocycles. The number of likely N-dealkylation sites (tertiary alicyclic amines) is 1. The van der Waals surface area contributed by atoms with Crippen molar-refractivity contribution in [1.29, 1.82) is 0 Å². The van der Waals surface area contributed by atoms with Gasteiger partial charge in [-0.15, -0.1) is 0 Å². The maximum absolute atomic E-state index is 12.4. The Labute approximate surface area is 159 Å². The molecule has 0 bridgehead atoms. The molecule has 1 aliphatic heterocycles. The van der Waals surface area contributed by atoms with Crippen molar-refractivity contribution in [1.82, 2.24) is 15.0 Å². The third-order valence-electron chi connectivity index (χ3n) is 4.75. The molecule has 1 aromatic heterocycles. The van der Waals surface area contributed by atoms with E-state index in [0.717, 1.165) is 31.5 Å². The van der Waals surface area contributed by atoms with Gasteiger partial charge in [-0.25, -0.2) is 0 Å². The van der Waals surface area contributed by atoms with Crippen LogP contribution in [-0.2, 0) is 17.8 Å². The van der Waals surface area contributed by atoms with Crippen molar-refractivity contribution in [2.75, 3.05) is 13.1 Å². The monoisotopic (exact) mass is 375 g/mol. The number of hydrogen-bond acceptors (Lipinski definition) is 5. The summed E-state index contributed by atoms with van der Waals surface area (Å²) in [7, 11) is 0. The lowest BCUT2D eigenvalue weighted by atomic mass is 9.89. The van der Waals surface area contributed by atoms with E-state index in [-0.39, 0.29) is 5.92 Å². The first-order chi connectivity index (χ1) is 12.5. The van der Waals surface area contributed by atoms with E-state index >= 15 is 0 Å². The summed E-state index contributed by atoms with van der Waals surface area (Å²) in [5.74, 6) is 2.18. The summed E-state index contributed by atoms with van der Waals surface area (Å²) in [5.41, 5.74) is 0.985. The number of carbonyl (C=O) groups is 1. The molecule has 2 aromatic rings. The quantitative estimate of drug-likeness (QED) is 0.727. The Bertz CT molecular complexity index is 744. The van der Waals surface area contributed by atoms with Gasteiger partial charge in [-0.05, 0) is 36.9 Å². The first-order valence-electron chi connectivity index (χ1n) is 9.31. The highest BCUT2D eigenvalue weighted by Gasteiger charge is 2.27. The molecule has 1 atom stereocenters. The Hall–Kier alpha value is -1.72. The minimum absolute atomic E-state index is 0.136. The Morgan fingerprint density at radius 2 is 2.19 bits per heavy atom. The standard InChI is InChI=1S/C20H26ClN3O2/c1-14(2)10-18(25)16-7-5-9-24(12-16)13-20-22-19(23-26-20)11-15-6-3-4-8-17(15)21/h3-4,6,8,14,16H,5,7,9-13H2,1-2H3/t16-/m1/s1. The van der Waals surface area contributed by atoms with Crippen LogP contribution in [0.3, 0.4) is 0 Å². The van der Waals surface area contributed by atoms with Crippen LogP contribution in [0.5, 0.6) is 0 Å². The predicted molar refractivity (Wildman–Crippen MR) is 101 cm³/mol. The third kappa shape index (κ3) is 5.15. The van der Waals surface area contributed by atoms with E-state index < -0.39 is 0 Å². The zero-order chi connectivity index (χ0) is 18.5. The lowest BCUT2D eigenvalue weighted by Gasteiger charge is -2.31. The van der Waals surface area contributed by atoms with Gasteiger partial charge < -0.3 is 4.52 Å². The van der Waals surface area contributed by atoms with Gasteiger partial charge in [0, 0.05) is 30.3 Å². The van der Waals surface area contributed by atoms with Gasteiger partial charge in [0.15, 0.2) is 5.82 Å². The number of carbonyl (C=O) groups excluding carboxylic acids is 1. The van der Waals surface area contributed by atoms with Crippen LogP contribution in [0, 0.1) is 11.8 Å². The molecule has 0 saturated carbocycles. The van der Waals surface area contributed by atoms with Crippen LogP contribution in [-0.4, -0.2) is 33.9 Å². The summed E-state index contributed by atoms with van der Waals surface area (Å²) < 4.78 is 5.41. The maximum atomic E-state index is 12.4. The van der Waals surface area contributed by atoms with Gasteiger partial charge in [0.2, 0.25) is 5.89 Å². The van der Waals surface area contributed by atoms with Crippen molar-refractivity contribution >= 4 is 17.4 Å². The summed E-state index contributed by atoms with van der Waals surface area (Å²) in [5, 5.41) is 4.78. The fraction of sp³-hybridized carbons (Fsp3) is 0.550. The number of ketones is 1. The smallest absolute Gasteiger partial charge is 0.240 e. The number of rotatable bonds is 7. The Balaban J connectivity index is 1.57. The number of Topliss-reactive ketones (excluding diaryl/α,β-unsaturated/α-hetero) is 1. The topological polar surface area (TPSA) is 59.2 Å². The molecule has 0 spiro atoms. The molecule has 6 heteroatoms. The summed E-state index contributed by atoms with van der Waals surface area (Å²) in [6.45, 7) is 6.54. The van der Waals surface area contributed by atoms with Crippen LogP contribution >= 0.6 is 11.6 Å². The molecule has 0 aliphatic carbocycles. The zero-order valence-corrected chi connectivity index (χ0v) is 16.2. The molecule has 0 radical (unpaired) electrons. The molecule has 1 aromatic carbocycles. The molecule has 1 aliphatic rings. The van der Waals surface area contributed by atoms with Gasteiger partial charge in [-0.3, -0.25) is 9.69 Å². The van der Waals surface area contributed by atoms with Gasteiger partial charge in [-0.2, -0.15) is 4.98 Å². The van der Waals surface area contributed by atoms with E-state index in [1.807, 2.05) is 24.3 Å². The molecule has 1 saturated heterocycles. The fourth-order valence-electron chi connectivity index (χ4n) is 3.46. The Morgan fingerprint density at radius 3 is 2.96 bits per heavy atom. The van der Waals surface area contributed by atoms with Crippen molar-refractivity contribution < 1.29 is 9.32 Å². The van der Waals surface area contributed by atoms with Crippen molar-refractivity contribution in [2.24, 2.45) is 11.8 Å². The van der Waals surface area contributed by atoms with Crippen molar-refractivity contribution in [2.45, 2.75) is 46.1 Å². The van der Waals surface area contributed by atoms with Crippen molar-refractivity contribution in [3.05, 3.63) is 46.6 Å². The number of piperidine rings is 1. The molecule has 3 rings (SSSR count). The summed E-state index contributed by atoms with van der Waals surface area (Å²) >= 11 is 6.19. The molecule has 26 heavy (non-hydrogen) atoms. The normalized spacial score (nSPS) is 18.4. The number of benzene rings is 1. The summed E-state index contributed by atoms with van der Waals surface area (Å²) in [6, 6.07) is 7.68. The highest BCUT2D eigenvalue weighted by atomic mass is 35.5. The van der Waals surface area contributed by atoms with E-state index in [4.69, 9.17) is 16.1 Å². The Kier molecular flexibility index (Phi) is 6.43. The summed E-state index contributed by atoms with van der Waals surface area (Å²) in [4.78, 5) is 19.1. The van der Waals surface area contributed by atoms with Crippen molar-refractivity contribution in [3.63, 3.8) is 0 Å². The average molecular weight is 376 g/mol. The second-order valence-electron chi connectivity index (χ2n) is 7.51. The lowest BCUT2D eigenvalue weighted by Crippen LogP contribution is -2.38. The number of nitrogens with zero attached hydrogens (tertiary/aromatic N) is 3. The lowest BCUT2D eigenvalue weighted by molar-refractivity contribution is -0.125. The van der Waals surface area contributed by atoms with E-state index in [1.165, 1.54) is 0 Å². The third-order valence-corrected chi connectivity index (χ3v) is 5.11. The zero-order valence-electron chi connectivity index (χ0n) is 15.4. The van der Waals surface area contributed by atoms with E-state index in [0.29, 0.717) is 47.8 Å². The highest BCUT2D eigenvalue weighted by Crippen LogP contribution is 2.22. The molecule has 0 N–H and O–H groups in total. The second-order valence-corrected chi connectivity index (χ2v) is 7.92.